The van der Waals surface area contributed by atoms with Crippen LogP contribution in [0.25, 0.3) is 21.7 Å². The van der Waals surface area contributed by atoms with E-state index in [4.69, 9.17) is 32.7 Å². The Labute approximate surface area is 181 Å². The van der Waals surface area contributed by atoms with E-state index >= 15 is 0 Å². The van der Waals surface area contributed by atoms with Gasteiger partial charge in [-0.25, -0.2) is 0 Å². The van der Waals surface area contributed by atoms with Crippen LogP contribution in [0.5, 0.6) is 11.5 Å². The molecule has 150 valence electrons. The molecule has 0 aliphatic rings. The first-order valence-corrected chi connectivity index (χ1v) is 9.58. The number of nitriles is 1. The normalized spacial score (nSPS) is 10.8. The van der Waals surface area contributed by atoms with Crippen molar-refractivity contribution in [1.29, 1.82) is 5.26 Å². The van der Waals surface area contributed by atoms with Gasteiger partial charge in [0, 0.05) is 17.0 Å². The molecule has 1 heterocycles. The van der Waals surface area contributed by atoms with Crippen molar-refractivity contribution in [3.8, 4) is 17.6 Å². The molecule has 0 radical (unpaired) electrons. The van der Waals surface area contributed by atoms with Gasteiger partial charge in [-0.15, -0.1) is 0 Å². The highest BCUT2D eigenvalue weighted by molar-refractivity contribution is 6.37. The fraction of sp³-hybridized carbons (Fsp3) is 0.0909. The molecule has 0 saturated heterocycles. The van der Waals surface area contributed by atoms with Crippen LogP contribution in [0.4, 0.5) is 11.5 Å². The molecule has 0 bridgehead atoms. The summed E-state index contributed by atoms with van der Waals surface area (Å²) >= 11 is 12.4. The molecule has 0 saturated carbocycles. The Morgan fingerprint density at radius 3 is 2.33 bits per heavy atom. The molecule has 0 fully saturated rings. The minimum Gasteiger partial charge on any atom is -0.495 e. The zero-order valence-corrected chi connectivity index (χ0v) is 17.5. The lowest BCUT2D eigenvalue weighted by molar-refractivity contribution is 0.411. The zero-order chi connectivity index (χ0) is 21.4. The summed E-state index contributed by atoms with van der Waals surface area (Å²) in [6, 6.07) is 14.1. The maximum atomic E-state index is 12.1. The summed E-state index contributed by atoms with van der Waals surface area (Å²) in [6.07, 6.45) is 0. The number of halogens is 2. The van der Waals surface area contributed by atoms with Crippen molar-refractivity contribution >= 4 is 56.4 Å². The van der Waals surface area contributed by atoms with E-state index in [2.05, 4.69) is 16.4 Å². The van der Waals surface area contributed by atoms with E-state index in [0.717, 1.165) is 21.7 Å². The van der Waals surface area contributed by atoms with Crippen molar-refractivity contribution in [3.63, 3.8) is 0 Å². The van der Waals surface area contributed by atoms with Gasteiger partial charge in [0.15, 0.2) is 5.75 Å². The van der Waals surface area contributed by atoms with Gasteiger partial charge in [-0.05, 0) is 47.2 Å². The molecular weight excluding hydrogens is 425 g/mol. The molecule has 4 rings (SSSR count). The quantitative estimate of drug-likeness (QED) is 0.402. The summed E-state index contributed by atoms with van der Waals surface area (Å²) in [4.78, 5) is 15.3. The molecule has 2 N–H and O–H groups in total. The topological polar surface area (TPSA) is 87.1 Å². The van der Waals surface area contributed by atoms with Gasteiger partial charge in [-0.3, -0.25) is 4.79 Å². The number of nitrogens with one attached hydrogen (secondary N) is 2. The highest BCUT2D eigenvalue weighted by Gasteiger charge is 2.12. The van der Waals surface area contributed by atoms with Crippen molar-refractivity contribution in [2.75, 3.05) is 19.5 Å². The Morgan fingerprint density at radius 2 is 1.63 bits per heavy atom. The molecule has 0 amide bonds. The first kappa shape index (κ1) is 19.9. The zero-order valence-electron chi connectivity index (χ0n) is 16.0. The molecule has 0 atom stereocenters. The number of nitrogens with zero attached hydrogens (tertiary/aromatic N) is 1. The fourth-order valence-electron chi connectivity index (χ4n) is 3.25. The molecule has 0 aliphatic heterocycles. The van der Waals surface area contributed by atoms with Gasteiger partial charge in [0.2, 0.25) is 5.43 Å². The number of aromatic amines is 1. The number of anilines is 2. The van der Waals surface area contributed by atoms with E-state index in [0.29, 0.717) is 32.9 Å². The van der Waals surface area contributed by atoms with Gasteiger partial charge in [0.05, 0.1) is 35.5 Å². The molecule has 30 heavy (non-hydrogen) atoms. The third-order valence-electron chi connectivity index (χ3n) is 4.74. The second-order valence-corrected chi connectivity index (χ2v) is 7.37. The van der Waals surface area contributed by atoms with Gasteiger partial charge in [-0.1, -0.05) is 23.2 Å². The van der Waals surface area contributed by atoms with E-state index in [1.54, 1.807) is 24.3 Å². The van der Waals surface area contributed by atoms with Crippen molar-refractivity contribution in [3.05, 3.63) is 68.3 Å². The fourth-order valence-corrected chi connectivity index (χ4v) is 3.75. The molecule has 8 heteroatoms. The van der Waals surface area contributed by atoms with Crippen LogP contribution in [-0.2, 0) is 0 Å². The number of pyridine rings is 1. The summed E-state index contributed by atoms with van der Waals surface area (Å²) < 4.78 is 10.4. The maximum absolute atomic E-state index is 12.1. The lowest BCUT2D eigenvalue weighted by Crippen LogP contribution is -2.03. The van der Waals surface area contributed by atoms with Crippen molar-refractivity contribution in [2.45, 2.75) is 0 Å². The minimum absolute atomic E-state index is 0.198. The van der Waals surface area contributed by atoms with E-state index in [-0.39, 0.29) is 11.2 Å². The largest absolute Gasteiger partial charge is 0.495 e. The maximum Gasteiger partial charge on any atom is 0.220 e. The smallest absolute Gasteiger partial charge is 0.220 e. The lowest BCUT2D eigenvalue weighted by Gasteiger charge is -2.14. The van der Waals surface area contributed by atoms with Crippen LogP contribution in [0.1, 0.15) is 5.56 Å². The molecule has 0 unspecified atom stereocenters. The van der Waals surface area contributed by atoms with Crippen LogP contribution in [0.15, 0.2) is 47.3 Å². The Kier molecular flexibility index (Phi) is 5.17. The number of hydrogen-bond acceptors (Lipinski definition) is 5. The molecule has 6 nitrogen and oxygen atoms in total. The average molecular weight is 440 g/mol. The van der Waals surface area contributed by atoms with E-state index < -0.39 is 0 Å². The number of methoxy groups -OCH3 is 2. The number of aromatic nitrogens is 1. The Balaban J connectivity index is 1.87. The number of hydrogen-bond donors (Lipinski definition) is 2. The van der Waals surface area contributed by atoms with Crippen molar-refractivity contribution in [2.24, 2.45) is 0 Å². The van der Waals surface area contributed by atoms with Crippen LogP contribution in [0.3, 0.4) is 0 Å². The number of fused-ring (bicyclic) bond motifs is 2. The molecule has 3 aromatic carbocycles. The van der Waals surface area contributed by atoms with Crippen LogP contribution in [0.2, 0.25) is 10.0 Å². The highest BCUT2D eigenvalue weighted by Crippen LogP contribution is 2.36. The number of ether oxygens (including phenoxy) is 2. The van der Waals surface area contributed by atoms with Crippen LogP contribution in [0, 0.1) is 11.3 Å². The SMILES string of the molecule is COc1cc(Nc2[nH]c3cc4cc(=O)c(OC)cc4cc3cc2C#N)c(Cl)cc1Cl. The first-order chi connectivity index (χ1) is 14.4. The first-order valence-electron chi connectivity index (χ1n) is 8.82. The van der Waals surface area contributed by atoms with Gasteiger partial charge >= 0.3 is 0 Å². The molecule has 0 aliphatic carbocycles. The van der Waals surface area contributed by atoms with Crippen LogP contribution >= 0.6 is 23.2 Å². The third-order valence-corrected chi connectivity index (χ3v) is 5.35. The monoisotopic (exact) mass is 439 g/mol. The molecule has 1 aromatic heterocycles. The molecular formula is C22H15Cl2N3O3. The van der Waals surface area contributed by atoms with Gasteiger partial charge in [0.1, 0.15) is 17.6 Å². The molecule has 0 spiro atoms. The summed E-state index contributed by atoms with van der Waals surface area (Å²) in [7, 11) is 2.96. The Hall–Kier alpha value is -3.40. The van der Waals surface area contributed by atoms with E-state index in [9.17, 15) is 10.1 Å². The van der Waals surface area contributed by atoms with Crippen LogP contribution < -0.4 is 20.2 Å². The third kappa shape index (κ3) is 3.50. The predicted molar refractivity (Wildman–Crippen MR) is 120 cm³/mol. The van der Waals surface area contributed by atoms with Gasteiger partial charge in [-0.2, -0.15) is 5.26 Å². The second-order valence-electron chi connectivity index (χ2n) is 6.55. The highest BCUT2D eigenvalue weighted by atomic mass is 35.5. The number of benzene rings is 3. The van der Waals surface area contributed by atoms with Gasteiger partial charge < -0.3 is 19.8 Å². The lowest BCUT2D eigenvalue weighted by atomic mass is 10.0. The Morgan fingerprint density at radius 1 is 0.900 bits per heavy atom. The van der Waals surface area contributed by atoms with Crippen LogP contribution in [-0.4, -0.2) is 19.2 Å². The standard InChI is InChI=1S/C22H15Cl2N3O3/c1-29-20-9-18(15(23)8-16(20)24)27-22-14(10-25)4-13-3-11-7-21(30-2)19(28)6-12(11)5-17(13)26-22/h3-9,26-27H,1-2H3. The van der Waals surface area contributed by atoms with Crippen molar-refractivity contribution in [1.82, 2.24) is 4.98 Å². The van der Waals surface area contributed by atoms with E-state index in [1.165, 1.54) is 20.3 Å². The number of rotatable bonds is 4. The summed E-state index contributed by atoms with van der Waals surface area (Å²) in [5, 5.41) is 15.9. The van der Waals surface area contributed by atoms with E-state index in [1.807, 2.05) is 12.1 Å². The predicted octanol–water partition coefficient (Wildman–Crippen LogP) is 5.62. The van der Waals surface area contributed by atoms with Gasteiger partial charge in [0.25, 0.3) is 0 Å². The van der Waals surface area contributed by atoms with Crippen molar-refractivity contribution < 1.29 is 9.47 Å². The summed E-state index contributed by atoms with van der Waals surface area (Å²) in [5.41, 5.74) is 1.46. The summed E-state index contributed by atoms with van der Waals surface area (Å²) in [5.74, 6) is 1.17. The minimum atomic E-state index is -0.198. The Bertz CT molecular complexity index is 1410. The second kappa shape index (κ2) is 7.79. The molecule has 4 aromatic rings. The number of H-pyrrole nitrogens is 1. The average Bonchev–Trinajstić information content (AvgIpc) is 2.73. The summed E-state index contributed by atoms with van der Waals surface area (Å²) in [6.45, 7) is 0.